The van der Waals surface area contributed by atoms with Gasteiger partial charge in [-0.25, -0.2) is 0 Å². The van der Waals surface area contributed by atoms with Gasteiger partial charge in [0.05, 0.1) is 13.2 Å². The third-order valence-electron chi connectivity index (χ3n) is 5.83. The molecule has 2 fully saturated rings. The van der Waals surface area contributed by atoms with Crippen LogP contribution in [-0.2, 0) is 9.53 Å². The van der Waals surface area contributed by atoms with Gasteiger partial charge in [0.2, 0.25) is 5.91 Å². The standard InChI is InChI=1S/C21H41N5O2/c1-5-18(26-10-6-7-20(26)27)8-9-23-21(22-4)24-16-19(15-17(2)3)25-11-13-28-14-12-25/h17-19H,5-16H2,1-4H3,(H2,22,23,24). The Bertz CT molecular complexity index is 491. The van der Waals surface area contributed by atoms with Gasteiger partial charge in [-0.15, -0.1) is 0 Å². The Morgan fingerprint density at radius 3 is 2.50 bits per heavy atom. The van der Waals surface area contributed by atoms with Gasteiger partial charge in [0, 0.05) is 58.3 Å². The molecule has 0 aromatic carbocycles. The topological polar surface area (TPSA) is 69.2 Å². The van der Waals surface area contributed by atoms with E-state index in [2.05, 4.69) is 46.2 Å². The number of nitrogens with one attached hydrogen (secondary N) is 2. The van der Waals surface area contributed by atoms with Crippen LogP contribution in [-0.4, -0.2) is 86.7 Å². The molecule has 0 radical (unpaired) electrons. The van der Waals surface area contributed by atoms with Crippen LogP contribution in [0, 0.1) is 5.92 Å². The molecule has 0 bridgehead atoms. The van der Waals surface area contributed by atoms with E-state index in [9.17, 15) is 4.79 Å². The number of carbonyl (C=O) groups excluding carboxylic acids is 1. The summed E-state index contributed by atoms with van der Waals surface area (Å²) in [5, 5.41) is 6.96. The van der Waals surface area contributed by atoms with Crippen LogP contribution in [0.1, 0.15) is 52.9 Å². The van der Waals surface area contributed by atoms with Gasteiger partial charge in [-0.1, -0.05) is 20.8 Å². The van der Waals surface area contributed by atoms with Crippen LogP contribution in [0.4, 0.5) is 0 Å². The zero-order chi connectivity index (χ0) is 20.4. The second-order valence-corrected chi connectivity index (χ2v) is 8.35. The first-order valence-corrected chi connectivity index (χ1v) is 11.1. The second-order valence-electron chi connectivity index (χ2n) is 8.35. The van der Waals surface area contributed by atoms with Crippen molar-refractivity contribution in [2.24, 2.45) is 10.9 Å². The van der Waals surface area contributed by atoms with Crippen LogP contribution in [0.5, 0.6) is 0 Å². The first-order valence-electron chi connectivity index (χ1n) is 11.1. The van der Waals surface area contributed by atoms with Crippen molar-refractivity contribution in [1.29, 1.82) is 0 Å². The molecule has 162 valence electrons. The van der Waals surface area contributed by atoms with Crippen molar-refractivity contribution in [2.45, 2.75) is 65.0 Å². The summed E-state index contributed by atoms with van der Waals surface area (Å²) in [4.78, 5) is 21.0. The number of amides is 1. The van der Waals surface area contributed by atoms with E-state index in [0.717, 1.165) is 71.2 Å². The summed E-state index contributed by atoms with van der Waals surface area (Å²) in [6.07, 6.45) is 4.85. The molecule has 0 aromatic heterocycles. The molecule has 1 amide bonds. The predicted molar refractivity (Wildman–Crippen MR) is 115 cm³/mol. The van der Waals surface area contributed by atoms with E-state index >= 15 is 0 Å². The predicted octanol–water partition coefficient (Wildman–Crippen LogP) is 1.69. The van der Waals surface area contributed by atoms with Crippen molar-refractivity contribution in [2.75, 3.05) is 53.0 Å². The number of nitrogens with zero attached hydrogens (tertiary/aromatic N) is 3. The van der Waals surface area contributed by atoms with Crippen molar-refractivity contribution in [3.05, 3.63) is 0 Å². The monoisotopic (exact) mass is 395 g/mol. The van der Waals surface area contributed by atoms with Crippen LogP contribution in [0.25, 0.3) is 0 Å². The van der Waals surface area contributed by atoms with E-state index in [1.54, 1.807) is 0 Å². The molecule has 0 aliphatic carbocycles. The summed E-state index contributed by atoms with van der Waals surface area (Å²) in [6.45, 7) is 13.0. The molecule has 28 heavy (non-hydrogen) atoms. The normalized spacial score (nSPS) is 21.2. The maximum absolute atomic E-state index is 12.0. The average Bonchev–Trinajstić information content (AvgIpc) is 3.12. The lowest BCUT2D eigenvalue weighted by Gasteiger charge is -2.35. The fourth-order valence-electron chi connectivity index (χ4n) is 4.28. The van der Waals surface area contributed by atoms with Gasteiger partial charge < -0.3 is 20.3 Å². The molecule has 0 spiro atoms. The van der Waals surface area contributed by atoms with Gasteiger partial charge in [-0.05, 0) is 31.6 Å². The Morgan fingerprint density at radius 1 is 1.18 bits per heavy atom. The van der Waals surface area contributed by atoms with Crippen molar-refractivity contribution < 1.29 is 9.53 Å². The fourth-order valence-corrected chi connectivity index (χ4v) is 4.28. The SMILES string of the molecule is CCC(CCNC(=NC)NCC(CC(C)C)N1CCOCC1)N1CCCC1=O. The summed E-state index contributed by atoms with van der Waals surface area (Å²) in [5.41, 5.74) is 0. The highest BCUT2D eigenvalue weighted by atomic mass is 16.5. The number of hydrogen-bond acceptors (Lipinski definition) is 4. The fraction of sp³-hybridized carbons (Fsp3) is 0.905. The number of likely N-dealkylation sites (tertiary alicyclic amines) is 1. The summed E-state index contributed by atoms with van der Waals surface area (Å²) >= 11 is 0. The zero-order valence-corrected chi connectivity index (χ0v) is 18.4. The van der Waals surface area contributed by atoms with Crippen molar-refractivity contribution in [3.63, 3.8) is 0 Å². The second kappa shape index (κ2) is 12.3. The first kappa shape index (κ1) is 22.9. The molecule has 7 heteroatoms. The Kier molecular flexibility index (Phi) is 10.1. The van der Waals surface area contributed by atoms with Crippen LogP contribution in [0.3, 0.4) is 0 Å². The third kappa shape index (κ3) is 7.24. The summed E-state index contributed by atoms with van der Waals surface area (Å²) in [5.74, 6) is 1.83. The molecule has 2 rings (SSSR count). The molecule has 0 aromatic rings. The number of carbonyl (C=O) groups is 1. The highest BCUT2D eigenvalue weighted by Gasteiger charge is 2.26. The lowest BCUT2D eigenvalue weighted by atomic mass is 10.0. The largest absolute Gasteiger partial charge is 0.379 e. The van der Waals surface area contributed by atoms with Gasteiger partial charge in [-0.3, -0.25) is 14.7 Å². The maximum Gasteiger partial charge on any atom is 0.222 e. The maximum atomic E-state index is 12.0. The zero-order valence-electron chi connectivity index (χ0n) is 18.4. The number of hydrogen-bond donors (Lipinski definition) is 2. The smallest absolute Gasteiger partial charge is 0.222 e. The molecule has 2 aliphatic heterocycles. The van der Waals surface area contributed by atoms with Gasteiger partial charge in [-0.2, -0.15) is 0 Å². The number of rotatable bonds is 10. The van der Waals surface area contributed by atoms with Crippen LogP contribution < -0.4 is 10.6 Å². The summed E-state index contributed by atoms with van der Waals surface area (Å²) < 4.78 is 5.51. The van der Waals surface area contributed by atoms with E-state index in [1.807, 2.05) is 7.05 Å². The molecule has 7 nitrogen and oxygen atoms in total. The number of morpholine rings is 1. The molecule has 2 heterocycles. The van der Waals surface area contributed by atoms with Crippen LogP contribution >= 0.6 is 0 Å². The van der Waals surface area contributed by atoms with Gasteiger partial charge in [0.1, 0.15) is 0 Å². The number of guanidine groups is 1. The molecular weight excluding hydrogens is 354 g/mol. The Labute approximate surface area is 171 Å². The van der Waals surface area contributed by atoms with E-state index in [1.165, 1.54) is 6.42 Å². The summed E-state index contributed by atoms with van der Waals surface area (Å²) in [6, 6.07) is 0.829. The number of ether oxygens (including phenoxy) is 1. The molecular formula is C21H41N5O2. The number of aliphatic imine (C=N–C) groups is 1. The first-order chi connectivity index (χ1) is 13.5. The molecule has 0 saturated carbocycles. The Hall–Kier alpha value is -1.34. The lowest BCUT2D eigenvalue weighted by molar-refractivity contribution is -0.129. The molecule has 2 saturated heterocycles. The lowest BCUT2D eigenvalue weighted by Crippen LogP contribution is -2.51. The van der Waals surface area contributed by atoms with Gasteiger partial charge in [0.15, 0.2) is 5.96 Å². The van der Waals surface area contributed by atoms with E-state index in [4.69, 9.17) is 4.74 Å². The highest BCUT2D eigenvalue weighted by Crippen LogP contribution is 2.17. The van der Waals surface area contributed by atoms with E-state index in [-0.39, 0.29) is 0 Å². The molecule has 2 aliphatic rings. The molecule has 2 unspecified atom stereocenters. The van der Waals surface area contributed by atoms with Crippen molar-refractivity contribution in [1.82, 2.24) is 20.4 Å². The van der Waals surface area contributed by atoms with Crippen molar-refractivity contribution in [3.8, 4) is 0 Å². The van der Waals surface area contributed by atoms with Gasteiger partial charge in [0.25, 0.3) is 0 Å². The third-order valence-corrected chi connectivity index (χ3v) is 5.83. The highest BCUT2D eigenvalue weighted by molar-refractivity contribution is 5.80. The Balaban J connectivity index is 1.77. The Morgan fingerprint density at radius 2 is 1.93 bits per heavy atom. The van der Waals surface area contributed by atoms with Gasteiger partial charge >= 0.3 is 0 Å². The molecule has 2 N–H and O–H groups in total. The minimum Gasteiger partial charge on any atom is -0.379 e. The minimum absolute atomic E-state index is 0.316. The van der Waals surface area contributed by atoms with E-state index in [0.29, 0.717) is 30.3 Å². The van der Waals surface area contributed by atoms with E-state index < -0.39 is 0 Å². The average molecular weight is 396 g/mol. The quantitative estimate of drug-likeness (QED) is 0.435. The van der Waals surface area contributed by atoms with Crippen LogP contribution in [0.2, 0.25) is 0 Å². The van der Waals surface area contributed by atoms with Crippen LogP contribution in [0.15, 0.2) is 4.99 Å². The summed E-state index contributed by atoms with van der Waals surface area (Å²) in [7, 11) is 1.82. The minimum atomic E-state index is 0.316. The van der Waals surface area contributed by atoms with Crippen molar-refractivity contribution >= 4 is 11.9 Å². The molecule has 2 atom stereocenters.